The molecule has 0 radical (unpaired) electrons. The van der Waals surface area contributed by atoms with E-state index >= 15 is 0 Å². The lowest BCUT2D eigenvalue weighted by atomic mass is 9.96. The average molecular weight is 456 g/mol. The molecule has 0 aliphatic carbocycles. The molecule has 0 unspecified atom stereocenters. The largest absolute Gasteiger partial charge is 0.497 e. The number of nitrogens with one attached hydrogen (secondary N) is 1. The Morgan fingerprint density at radius 2 is 2.00 bits per heavy atom. The fourth-order valence-electron chi connectivity index (χ4n) is 4.62. The number of rotatable bonds is 6. The third kappa shape index (κ3) is 4.46. The third-order valence-electron chi connectivity index (χ3n) is 6.49. The molecule has 1 aliphatic rings. The predicted octanol–water partition coefficient (Wildman–Crippen LogP) is 4.50. The molecule has 1 saturated heterocycles. The van der Waals surface area contributed by atoms with Crippen LogP contribution in [0.4, 0.5) is 5.82 Å². The molecule has 1 N–H and O–H groups in total. The van der Waals surface area contributed by atoms with Crippen LogP contribution in [0, 0.1) is 5.92 Å². The first kappa shape index (κ1) is 21.9. The van der Waals surface area contributed by atoms with E-state index in [1.807, 2.05) is 72.2 Å². The van der Waals surface area contributed by atoms with Crippen LogP contribution in [0.5, 0.6) is 5.75 Å². The number of hydrogen-bond acceptors (Lipinski definition) is 5. The SMILES string of the molecule is COc1cccc(-c2cc3c(N4CCC[C@@H](C(=O)N[C@H](C)c5ccccc5)C4)nccn3n2)c1. The van der Waals surface area contributed by atoms with Gasteiger partial charge in [-0.3, -0.25) is 4.79 Å². The zero-order valence-electron chi connectivity index (χ0n) is 19.5. The Balaban J connectivity index is 1.36. The zero-order valence-corrected chi connectivity index (χ0v) is 19.5. The molecule has 4 aromatic rings. The molecule has 3 heterocycles. The van der Waals surface area contributed by atoms with Crippen LogP contribution in [0.15, 0.2) is 73.1 Å². The highest BCUT2D eigenvalue weighted by molar-refractivity contribution is 5.81. The molecule has 2 atom stereocenters. The minimum absolute atomic E-state index is 0.0223. The van der Waals surface area contributed by atoms with Crippen LogP contribution < -0.4 is 15.0 Å². The lowest BCUT2D eigenvalue weighted by Gasteiger charge is -2.33. The maximum atomic E-state index is 13.1. The molecule has 1 aliphatic heterocycles. The van der Waals surface area contributed by atoms with E-state index in [9.17, 15) is 4.79 Å². The monoisotopic (exact) mass is 455 g/mol. The van der Waals surface area contributed by atoms with Crippen molar-refractivity contribution in [3.8, 4) is 17.0 Å². The number of fused-ring (bicyclic) bond motifs is 1. The fourth-order valence-corrected chi connectivity index (χ4v) is 4.62. The van der Waals surface area contributed by atoms with Gasteiger partial charge in [-0.1, -0.05) is 42.5 Å². The van der Waals surface area contributed by atoms with Gasteiger partial charge in [-0.05, 0) is 43.5 Å². The summed E-state index contributed by atoms with van der Waals surface area (Å²) >= 11 is 0. The van der Waals surface area contributed by atoms with Crippen molar-refractivity contribution in [2.75, 3.05) is 25.1 Å². The van der Waals surface area contributed by atoms with E-state index in [0.717, 1.165) is 53.3 Å². The number of nitrogens with zero attached hydrogens (tertiary/aromatic N) is 4. The molecule has 2 aromatic heterocycles. The van der Waals surface area contributed by atoms with Crippen LogP contribution in [-0.4, -0.2) is 40.7 Å². The van der Waals surface area contributed by atoms with Gasteiger partial charge < -0.3 is 15.0 Å². The van der Waals surface area contributed by atoms with Gasteiger partial charge >= 0.3 is 0 Å². The van der Waals surface area contributed by atoms with Crippen LogP contribution in [0.2, 0.25) is 0 Å². The molecule has 34 heavy (non-hydrogen) atoms. The molecular weight excluding hydrogens is 426 g/mol. The van der Waals surface area contributed by atoms with Crippen molar-refractivity contribution in [1.82, 2.24) is 19.9 Å². The molecule has 1 fully saturated rings. The molecule has 2 aromatic carbocycles. The van der Waals surface area contributed by atoms with Crippen molar-refractivity contribution in [1.29, 1.82) is 0 Å². The van der Waals surface area contributed by atoms with Crippen LogP contribution in [0.1, 0.15) is 31.4 Å². The highest BCUT2D eigenvalue weighted by Crippen LogP contribution is 2.30. The Labute approximate surface area is 199 Å². The summed E-state index contributed by atoms with van der Waals surface area (Å²) in [5.74, 6) is 1.67. The standard InChI is InChI=1S/C27H29N5O2/c1-19(20-8-4-3-5-9-20)29-27(33)22-11-7-14-31(18-22)26-25-17-24(30-32(25)15-13-28-26)21-10-6-12-23(16-21)34-2/h3-6,8-10,12-13,15-17,19,22H,7,11,14,18H2,1-2H3,(H,29,33)/t19-,22-/m1/s1. The van der Waals surface area contributed by atoms with Crippen molar-refractivity contribution in [3.63, 3.8) is 0 Å². The molecular formula is C27H29N5O2. The summed E-state index contributed by atoms with van der Waals surface area (Å²) in [6.07, 6.45) is 5.45. The lowest BCUT2D eigenvalue weighted by Crippen LogP contribution is -2.44. The predicted molar refractivity (Wildman–Crippen MR) is 133 cm³/mol. The van der Waals surface area contributed by atoms with E-state index in [1.165, 1.54) is 0 Å². The summed E-state index contributed by atoms with van der Waals surface area (Å²) < 4.78 is 7.23. The van der Waals surface area contributed by atoms with Gasteiger partial charge in [0.1, 0.15) is 11.3 Å². The first-order valence-electron chi connectivity index (χ1n) is 11.7. The summed E-state index contributed by atoms with van der Waals surface area (Å²) in [6.45, 7) is 3.53. The first-order chi connectivity index (χ1) is 16.6. The third-order valence-corrected chi connectivity index (χ3v) is 6.49. The van der Waals surface area contributed by atoms with Crippen LogP contribution >= 0.6 is 0 Å². The number of ether oxygens (including phenoxy) is 1. The molecule has 0 bridgehead atoms. The second kappa shape index (κ2) is 9.55. The number of methoxy groups -OCH3 is 1. The van der Waals surface area contributed by atoms with Gasteiger partial charge in [0.05, 0.1) is 24.8 Å². The number of amides is 1. The van der Waals surface area contributed by atoms with Gasteiger partial charge in [-0.25, -0.2) is 9.50 Å². The van der Waals surface area contributed by atoms with Crippen molar-refractivity contribution < 1.29 is 9.53 Å². The minimum atomic E-state index is -0.0808. The van der Waals surface area contributed by atoms with Crippen LogP contribution in [0.25, 0.3) is 16.8 Å². The van der Waals surface area contributed by atoms with E-state index in [2.05, 4.69) is 21.3 Å². The number of carbonyl (C=O) groups is 1. The fraction of sp³-hybridized carbons (Fsp3) is 0.296. The van der Waals surface area contributed by atoms with Gasteiger partial charge in [-0.15, -0.1) is 0 Å². The zero-order chi connectivity index (χ0) is 23.5. The first-order valence-corrected chi connectivity index (χ1v) is 11.7. The van der Waals surface area contributed by atoms with Crippen molar-refractivity contribution in [3.05, 3.63) is 78.6 Å². The van der Waals surface area contributed by atoms with E-state index in [1.54, 1.807) is 13.3 Å². The van der Waals surface area contributed by atoms with Gasteiger partial charge in [-0.2, -0.15) is 5.10 Å². The molecule has 1 amide bonds. The average Bonchev–Trinajstić information content (AvgIpc) is 3.34. The highest BCUT2D eigenvalue weighted by atomic mass is 16.5. The summed E-state index contributed by atoms with van der Waals surface area (Å²) in [5.41, 5.74) is 3.88. The Morgan fingerprint density at radius 3 is 2.82 bits per heavy atom. The maximum absolute atomic E-state index is 13.1. The lowest BCUT2D eigenvalue weighted by molar-refractivity contribution is -0.125. The maximum Gasteiger partial charge on any atom is 0.225 e. The molecule has 5 rings (SSSR count). The molecule has 174 valence electrons. The normalized spacial score (nSPS) is 16.9. The van der Waals surface area contributed by atoms with Crippen LogP contribution in [0.3, 0.4) is 0 Å². The second-order valence-corrected chi connectivity index (χ2v) is 8.77. The smallest absolute Gasteiger partial charge is 0.225 e. The molecule has 0 saturated carbocycles. The van der Waals surface area contributed by atoms with Crippen molar-refractivity contribution >= 4 is 17.2 Å². The summed E-state index contributed by atoms with van der Waals surface area (Å²) in [4.78, 5) is 20.0. The van der Waals surface area contributed by atoms with Gasteiger partial charge in [0.2, 0.25) is 5.91 Å². The van der Waals surface area contributed by atoms with Crippen molar-refractivity contribution in [2.45, 2.75) is 25.8 Å². The number of carbonyl (C=O) groups excluding carboxylic acids is 1. The quantitative estimate of drug-likeness (QED) is 0.464. The number of piperidine rings is 1. The van der Waals surface area contributed by atoms with E-state index in [0.29, 0.717) is 6.54 Å². The van der Waals surface area contributed by atoms with Gasteiger partial charge in [0.15, 0.2) is 5.82 Å². The Kier molecular flexibility index (Phi) is 6.16. The number of aromatic nitrogens is 3. The van der Waals surface area contributed by atoms with Crippen molar-refractivity contribution in [2.24, 2.45) is 5.92 Å². The van der Waals surface area contributed by atoms with E-state index < -0.39 is 0 Å². The Morgan fingerprint density at radius 1 is 1.15 bits per heavy atom. The topological polar surface area (TPSA) is 71.8 Å². The Bertz CT molecular complexity index is 1290. The van der Waals surface area contributed by atoms with E-state index in [4.69, 9.17) is 9.84 Å². The number of hydrogen-bond donors (Lipinski definition) is 1. The number of anilines is 1. The molecule has 7 heteroatoms. The second-order valence-electron chi connectivity index (χ2n) is 8.77. The summed E-state index contributed by atoms with van der Waals surface area (Å²) in [6, 6.07) is 20.0. The van der Waals surface area contributed by atoms with Gasteiger partial charge in [0, 0.05) is 31.0 Å². The van der Waals surface area contributed by atoms with E-state index in [-0.39, 0.29) is 17.9 Å². The minimum Gasteiger partial charge on any atom is -0.497 e. The molecule has 7 nitrogen and oxygen atoms in total. The summed E-state index contributed by atoms with van der Waals surface area (Å²) in [5, 5.41) is 7.95. The molecule has 0 spiro atoms. The van der Waals surface area contributed by atoms with Crippen LogP contribution in [-0.2, 0) is 4.79 Å². The number of benzene rings is 2. The van der Waals surface area contributed by atoms with Gasteiger partial charge in [0.25, 0.3) is 0 Å². The summed E-state index contributed by atoms with van der Waals surface area (Å²) in [7, 11) is 1.66. The highest BCUT2D eigenvalue weighted by Gasteiger charge is 2.28. The Hall–Kier alpha value is -3.87.